The molecule has 372 valence electrons. The zero-order valence-electron chi connectivity index (χ0n) is 39.1. The normalized spacial score (nSPS) is 19.2. The van der Waals surface area contributed by atoms with Crippen LogP contribution in [-0.2, 0) is 56.6 Å². The number of amides is 3. The molecular formula is C48H58ClN5O12S3. The first-order chi connectivity index (χ1) is 32.2. The van der Waals surface area contributed by atoms with Crippen LogP contribution in [0.2, 0.25) is 0 Å². The predicted octanol–water partition coefficient (Wildman–Crippen LogP) is 6.81. The van der Waals surface area contributed by atoms with Crippen LogP contribution < -0.4 is 10.2 Å². The van der Waals surface area contributed by atoms with Crippen molar-refractivity contribution in [1.82, 2.24) is 10.2 Å². The van der Waals surface area contributed by atoms with Crippen molar-refractivity contribution < 1.29 is 53.3 Å². The Morgan fingerprint density at radius 3 is 2.19 bits per heavy atom. The molecule has 0 saturated carbocycles. The molecule has 0 bridgehead atoms. The largest absolute Gasteiger partial charge is 0.354 e. The van der Waals surface area contributed by atoms with E-state index in [2.05, 4.69) is 10.3 Å². The molecule has 5 rings (SSSR count). The minimum absolute atomic E-state index is 0.0337. The van der Waals surface area contributed by atoms with E-state index in [0.29, 0.717) is 63.9 Å². The first-order valence-electron chi connectivity index (χ1n) is 22.2. The molecule has 0 atom stereocenters. The van der Waals surface area contributed by atoms with Crippen LogP contribution in [0.3, 0.4) is 0 Å². The molecule has 3 amide bonds. The molecule has 3 aliphatic heterocycles. The first kappa shape index (κ1) is 54.6. The van der Waals surface area contributed by atoms with E-state index in [1.54, 1.807) is 25.1 Å². The van der Waals surface area contributed by atoms with Gasteiger partial charge in [0.25, 0.3) is 42.2 Å². The second-order valence-electron chi connectivity index (χ2n) is 17.7. The van der Waals surface area contributed by atoms with E-state index in [4.69, 9.17) is 16.6 Å². The molecular weight excluding hydrogens is 970 g/mol. The summed E-state index contributed by atoms with van der Waals surface area (Å²) in [4.78, 5) is 48.3. The number of nitrogens with one attached hydrogen (secondary N) is 1. The number of unbranched alkanes of at least 4 members (excludes halogenated alkanes) is 1. The van der Waals surface area contributed by atoms with Crippen LogP contribution in [-0.4, -0.2) is 111 Å². The molecule has 0 fully saturated rings. The first-order valence-corrected chi connectivity index (χ1v) is 27.2. The number of hydrogen-bond acceptors (Lipinski definition) is 11. The Hall–Kier alpha value is -5.35. The lowest BCUT2D eigenvalue weighted by atomic mass is 9.80. The van der Waals surface area contributed by atoms with Gasteiger partial charge in [-0.3, -0.25) is 37.9 Å². The highest BCUT2D eigenvalue weighted by Gasteiger charge is 2.41. The molecule has 0 radical (unpaired) electrons. The number of fused-ring (bicyclic) bond motifs is 1. The number of benzene rings is 2. The Morgan fingerprint density at radius 2 is 1.54 bits per heavy atom. The molecule has 2 aromatic rings. The maximum atomic E-state index is 12.6. The third-order valence-corrected chi connectivity index (χ3v) is 14.7. The van der Waals surface area contributed by atoms with Crippen molar-refractivity contribution in [3.05, 3.63) is 124 Å². The van der Waals surface area contributed by atoms with Gasteiger partial charge in [-0.1, -0.05) is 81.8 Å². The lowest BCUT2D eigenvalue weighted by molar-refractivity contribution is -0.137. The molecule has 69 heavy (non-hydrogen) atoms. The summed E-state index contributed by atoms with van der Waals surface area (Å²) in [5.41, 5.74) is 3.95. The Morgan fingerprint density at radius 1 is 0.855 bits per heavy atom. The predicted molar refractivity (Wildman–Crippen MR) is 268 cm³/mol. The van der Waals surface area contributed by atoms with Crippen LogP contribution in [0.1, 0.15) is 83.4 Å². The van der Waals surface area contributed by atoms with Gasteiger partial charge in [0, 0.05) is 77.6 Å². The third-order valence-electron chi connectivity index (χ3n) is 11.9. The Labute approximate surface area is 409 Å². The summed E-state index contributed by atoms with van der Waals surface area (Å²) in [6, 6.07) is 12.0. The molecule has 21 heteroatoms. The number of hydrogen-bond donors (Lipinski definition) is 4. The van der Waals surface area contributed by atoms with E-state index >= 15 is 0 Å². The van der Waals surface area contributed by atoms with Crippen LogP contribution >= 0.6 is 11.6 Å². The van der Waals surface area contributed by atoms with Crippen molar-refractivity contribution in [2.75, 3.05) is 42.6 Å². The molecule has 0 saturated heterocycles. The van der Waals surface area contributed by atoms with Gasteiger partial charge in [-0.25, -0.2) is 4.99 Å². The van der Waals surface area contributed by atoms with Crippen molar-refractivity contribution >= 4 is 82.5 Å². The highest BCUT2D eigenvalue weighted by atomic mass is 35.5. The van der Waals surface area contributed by atoms with Crippen molar-refractivity contribution in [2.45, 2.75) is 83.5 Å². The highest BCUT2D eigenvalue weighted by Crippen LogP contribution is 2.49. The minimum Gasteiger partial charge on any atom is -0.354 e. The van der Waals surface area contributed by atoms with Gasteiger partial charge in [-0.15, -0.1) is 0 Å². The molecule has 17 nitrogen and oxygen atoms in total. The number of anilines is 1. The van der Waals surface area contributed by atoms with E-state index in [1.165, 1.54) is 24.3 Å². The fourth-order valence-corrected chi connectivity index (χ4v) is 9.71. The standard InChI is InChI=1S/C48H58ClN5O12S3/c1-6-36(49)31-39-46(51-24-10-28-67(58,59)60)52-41(47(39,2)3)20-16-34(35-14-9-13-33(30-35)12-7-8-15-43(55)50-25-27-54-44(56)22-23-45(54)57)17-21-42-48(4,5)38-32-37(69(64,65)66)18-19-40(38)53(42)26-11-29-68(61,62)63/h6,9,13-14,16-23,30-32H,7-8,10-12,15,24-29H2,1-5H3,(H,50,55)(H,58,59,60)(H,61,62,63)(H,64,65,66)/b20-16+,34-17-,36-6+,39-31+,42-21+,51-46-. The number of rotatable bonds is 22. The van der Waals surface area contributed by atoms with Gasteiger partial charge < -0.3 is 10.2 Å². The number of allylic oxidation sites excluding steroid dienone is 9. The number of carbonyl (C=O) groups excluding carboxylic acids is 3. The SMILES string of the molecule is C\C=C(Cl)/C=C1\C(=N\CCCS(=O)(=O)O)N=C(/C=C/C(=C/C=C2/N(CCCS(=O)(=O)O)c3ccc(S(=O)(=O)O)cc3C2(C)C)c2cccc(CCCCC(=O)NCCN3C(=O)C=CC3=O)c2)C1(C)C. The van der Waals surface area contributed by atoms with Crippen LogP contribution in [0.5, 0.6) is 0 Å². The summed E-state index contributed by atoms with van der Waals surface area (Å²) in [6.07, 6.45) is 15.5. The van der Waals surface area contributed by atoms with Crippen LogP contribution in [0.15, 0.2) is 122 Å². The van der Waals surface area contributed by atoms with E-state index < -0.39 is 64.5 Å². The van der Waals surface area contributed by atoms with E-state index in [-0.39, 0.29) is 56.2 Å². The van der Waals surface area contributed by atoms with Crippen molar-refractivity contribution in [2.24, 2.45) is 15.4 Å². The Balaban J connectivity index is 1.51. The monoisotopic (exact) mass is 1030 g/mol. The van der Waals surface area contributed by atoms with Crippen molar-refractivity contribution in [3.8, 4) is 0 Å². The van der Waals surface area contributed by atoms with E-state index in [0.717, 1.165) is 16.0 Å². The van der Waals surface area contributed by atoms with Gasteiger partial charge in [0.05, 0.1) is 22.1 Å². The molecule has 0 aromatic heterocycles. The number of aliphatic imine (C=N–C) groups is 2. The maximum absolute atomic E-state index is 12.6. The quantitative estimate of drug-likeness (QED) is 0.0410. The fourth-order valence-electron chi connectivity index (χ4n) is 8.11. The van der Waals surface area contributed by atoms with Gasteiger partial charge in [0.15, 0.2) is 5.84 Å². The molecule has 0 spiro atoms. The van der Waals surface area contributed by atoms with Crippen LogP contribution in [0, 0.1) is 5.41 Å². The lowest BCUT2D eigenvalue weighted by Gasteiger charge is -2.27. The Kier molecular flexibility index (Phi) is 17.9. The minimum atomic E-state index is -4.57. The van der Waals surface area contributed by atoms with Gasteiger partial charge in [0.1, 0.15) is 0 Å². The number of imide groups is 1. The van der Waals surface area contributed by atoms with Crippen molar-refractivity contribution in [3.63, 3.8) is 0 Å². The summed E-state index contributed by atoms with van der Waals surface area (Å²) in [7, 11) is -13.1. The van der Waals surface area contributed by atoms with Gasteiger partial charge >= 0.3 is 0 Å². The second kappa shape index (κ2) is 22.6. The summed E-state index contributed by atoms with van der Waals surface area (Å²) >= 11 is 6.50. The van der Waals surface area contributed by atoms with Gasteiger partial charge in [-0.05, 0) is 97.7 Å². The average Bonchev–Trinajstić information content (AvgIpc) is 3.79. The lowest BCUT2D eigenvalue weighted by Crippen LogP contribution is -2.38. The van der Waals surface area contributed by atoms with Crippen molar-refractivity contribution in [1.29, 1.82) is 0 Å². The van der Waals surface area contributed by atoms with E-state index in [9.17, 15) is 53.3 Å². The molecule has 2 aromatic carbocycles. The average molecular weight is 1030 g/mol. The van der Waals surface area contributed by atoms with Crippen LogP contribution in [0.25, 0.3) is 5.57 Å². The number of amidine groups is 1. The molecule has 3 heterocycles. The summed E-state index contributed by atoms with van der Waals surface area (Å²) in [6.45, 7) is 9.86. The fraction of sp³-hybridized carbons (Fsp3) is 0.396. The smallest absolute Gasteiger partial charge is 0.294 e. The number of nitrogens with zero attached hydrogens (tertiary/aromatic N) is 4. The zero-order valence-corrected chi connectivity index (χ0v) is 42.3. The molecule has 4 N–H and O–H groups in total. The summed E-state index contributed by atoms with van der Waals surface area (Å²) in [5.74, 6) is -1.67. The summed E-state index contributed by atoms with van der Waals surface area (Å²) in [5, 5.41) is 3.19. The highest BCUT2D eigenvalue weighted by molar-refractivity contribution is 7.86. The van der Waals surface area contributed by atoms with Crippen LogP contribution in [0.4, 0.5) is 5.69 Å². The summed E-state index contributed by atoms with van der Waals surface area (Å²) < 4.78 is 99.6. The molecule has 0 unspecified atom stereocenters. The third kappa shape index (κ3) is 14.8. The zero-order chi connectivity index (χ0) is 51.0. The topological polar surface area (TPSA) is 258 Å². The van der Waals surface area contributed by atoms with Gasteiger partial charge in [-0.2, -0.15) is 25.3 Å². The Bertz CT molecular complexity index is 2930. The second-order valence-corrected chi connectivity index (χ2v) is 22.7. The number of aryl methyl sites for hydroxylation is 1. The molecule has 3 aliphatic rings. The molecule has 0 aliphatic carbocycles. The number of carbonyl (C=O) groups is 3. The maximum Gasteiger partial charge on any atom is 0.294 e. The van der Waals surface area contributed by atoms with E-state index in [1.807, 2.05) is 81.2 Å². The van der Waals surface area contributed by atoms with Gasteiger partial charge in [0.2, 0.25) is 5.91 Å². The number of halogens is 1.